The number of aryl methyl sites for hydroxylation is 1. The SMILES string of the molecule is CN(C)CCCn1ccnc1C1CCN(C(=O)c2n[nH]c3ccccc23)CC1. The molecule has 3 aromatic rings. The fraction of sp³-hybridized carbons (Fsp3) is 0.476. The number of fused-ring (bicyclic) bond motifs is 1. The quantitative estimate of drug-likeness (QED) is 0.714. The van der Waals surface area contributed by atoms with E-state index >= 15 is 0 Å². The van der Waals surface area contributed by atoms with Gasteiger partial charge in [0.25, 0.3) is 5.91 Å². The third kappa shape index (κ3) is 3.80. The van der Waals surface area contributed by atoms with Crippen LogP contribution in [0.15, 0.2) is 36.7 Å². The van der Waals surface area contributed by atoms with E-state index in [2.05, 4.69) is 44.9 Å². The van der Waals surface area contributed by atoms with Crippen LogP contribution >= 0.6 is 0 Å². The number of aromatic nitrogens is 4. The van der Waals surface area contributed by atoms with E-state index in [0.717, 1.165) is 62.2 Å². The highest BCUT2D eigenvalue weighted by Gasteiger charge is 2.28. The summed E-state index contributed by atoms with van der Waals surface area (Å²) in [7, 11) is 4.20. The summed E-state index contributed by atoms with van der Waals surface area (Å²) >= 11 is 0. The zero-order valence-corrected chi connectivity index (χ0v) is 16.6. The van der Waals surface area contributed by atoms with Gasteiger partial charge in [-0.3, -0.25) is 9.89 Å². The number of nitrogens with one attached hydrogen (secondary N) is 1. The van der Waals surface area contributed by atoms with E-state index in [1.54, 1.807) is 0 Å². The van der Waals surface area contributed by atoms with Crippen molar-refractivity contribution in [3.05, 3.63) is 48.2 Å². The van der Waals surface area contributed by atoms with E-state index in [1.807, 2.05) is 35.4 Å². The lowest BCUT2D eigenvalue weighted by molar-refractivity contribution is 0.0706. The Labute approximate surface area is 165 Å². The lowest BCUT2D eigenvalue weighted by atomic mass is 9.95. The van der Waals surface area contributed by atoms with Crippen molar-refractivity contribution in [3.8, 4) is 0 Å². The highest BCUT2D eigenvalue weighted by molar-refractivity contribution is 6.04. The van der Waals surface area contributed by atoms with Crippen LogP contribution in [0, 0.1) is 0 Å². The first-order valence-corrected chi connectivity index (χ1v) is 10.0. The van der Waals surface area contributed by atoms with Crippen LogP contribution in [-0.2, 0) is 6.54 Å². The Morgan fingerprint density at radius 1 is 1.25 bits per heavy atom. The lowest BCUT2D eigenvalue weighted by Crippen LogP contribution is -2.38. The van der Waals surface area contributed by atoms with Crippen molar-refractivity contribution in [3.63, 3.8) is 0 Å². The Balaban J connectivity index is 1.39. The highest BCUT2D eigenvalue weighted by atomic mass is 16.2. The molecule has 1 N–H and O–H groups in total. The molecule has 4 rings (SSSR count). The second-order valence-corrected chi connectivity index (χ2v) is 7.82. The Morgan fingerprint density at radius 3 is 2.82 bits per heavy atom. The molecule has 0 radical (unpaired) electrons. The van der Waals surface area contributed by atoms with Crippen molar-refractivity contribution in [1.82, 2.24) is 29.5 Å². The number of piperidine rings is 1. The number of amides is 1. The number of H-pyrrole nitrogens is 1. The third-order valence-electron chi connectivity index (χ3n) is 5.57. The van der Waals surface area contributed by atoms with Crippen molar-refractivity contribution in [1.29, 1.82) is 0 Å². The van der Waals surface area contributed by atoms with Gasteiger partial charge in [0.15, 0.2) is 5.69 Å². The van der Waals surface area contributed by atoms with Crippen LogP contribution in [0.25, 0.3) is 10.9 Å². The molecule has 1 aliphatic heterocycles. The van der Waals surface area contributed by atoms with Crippen molar-refractivity contribution < 1.29 is 4.79 Å². The predicted molar refractivity (Wildman–Crippen MR) is 109 cm³/mol. The highest BCUT2D eigenvalue weighted by Crippen LogP contribution is 2.28. The molecule has 0 aliphatic carbocycles. The molecule has 0 bridgehead atoms. The first kappa shape index (κ1) is 18.7. The largest absolute Gasteiger partial charge is 0.337 e. The van der Waals surface area contributed by atoms with Gasteiger partial charge in [-0.25, -0.2) is 4.98 Å². The summed E-state index contributed by atoms with van der Waals surface area (Å²) < 4.78 is 2.28. The maximum absolute atomic E-state index is 13.0. The average Bonchev–Trinajstić information content (AvgIpc) is 3.34. The number of imidazole rings is 1. The Hall–Kier alpha value is -2.67. The van der Waals surface area contributed by atoms with Gasteiger partial charge in [-0.2, -0.15) is 5.10 Å². The molecule has 2 aromatic heterocycles. The molecule has 148 valence electrons. The summed E-state index contributed by atoms with van der Waals surface area (Å²) in [5.74, 6) is 1.59. The fourth-order valence-electron chi connectivity index (χ4n) is 4.04. The molecule has 0 unspecified atom stereocenters. The molecule has 28 heavy (non-hydrogen) atoms. The molecular formula is C21H28N6O. The van der Waals surface area contributed by atoms with E-state index in [4.69, 9.17) is 0 Å². The molecule has 7 heteroatoms. The zero-order valence-electron chi connectivity index (χ0n) is 16.6. The molecule has 0 spiro atoms. The van der Waals surface area contributed by atoms with Crippen molar-refractivity contribution in [2.45, 2.75) is 31.7 Å². The normalized spacial score (nSPS) is 15.6. The van der Waals surface area contributed by atoms with Crippen LogP contribution in [0.3, 0.4) is 0 Å². The first-order valence-electron chi connectivity index (χ1n) is 10.0. The number of benzene rings is 1. The predicted octanol–water partition coefficient (Wildman–Crippen LogP) is 2.73. The van der Waals surface area contributed by atoms with E-state index in [-0.39, 0.29) is 5.91 Å². The van der Waals surface area contributed by atoms with Crippen LogP contribution in [0.2, 0.25) is 0 Å². The topological polar surface area (TPSA) is 70.1 Å². The average molecular weight is 380 g/mol. The van der Waals surface area contributed by atoms with E-state index in [9.17, 15) is 4.79 Å². The number of para-hydroxylation sites is 1. The first-order chi connectivity index (χ1) is 13.6. The van der Waals surface area contributed by atoms with Crippen molar-refractivity contribution in [2.24, 2.45) is 0 Å². The second-order valence-electron chi connectivity index (χ2n) is 7.82. The molecule has 1 fully saturated rings. The molecule has 7 nitrogen and oxygen atoms in total. The van der Waals surface area contributed by atoms with Gasteiger partial charge in [0.05, 0.1) is 5.52 Å². The molecule has 1 amide bonds. The van der Waals surface area contributed by atoms with Gasteiger partial charge >= 0.3 is 0 Å². The van der Waals surface area contributed by atoms with Crippen LogP contribution in [0.5, 0.6) is 0 Å². The summed E-state index contributed by atoms with van der Waals surface area (Å²) in [5.41, 5.74) is 1.43. The molecule has 3 heterocycles. The number of likely N-dealkylation sites (tertiary alicyclic amines) is 1. The van der Waals surface area contributed by atoms with Crippen molar-refractivity contribution >= 4 is 16.8 Å². The van der Waals surface area contributed by atoms with Crippen LogP contribution < -0.4 is 0 Å². The summed E-state index contributed by atoms with van der Waals surface area (Å²) in [6.45, 7) is 3.55. The van der Waals surface area contributed by atoms with Crippen molar-refractivity contribution in [2.75, 3.05) is 33.7 Å². The number of rotatable bonds is 6. The van der Waals surface area contributed by atoms with Crippen LogP contribution in [-0.4, -0.2) is 69.2 Å². The summed E-state index contributed by atoms with van der Waals surface area (Å²) in [6, 6.07) is 7.78. The van der Waals surface area contributed by atoms with Gasteiger partial charge in [0.2, 0.25) is 0 Å². The lowest BCUT2D eigenvalue weighted by Gasteiger charge is -2.31. The maximum Gasteiger partial charge on any atom is 0.274 e. The van der Waals surface area contributed by atoms with E-state index in [1.165, 1.54) is 0 Å². The minimum absolute atomic E-state index is 0.0187. The number of carbonyl (C=O) groups excluding carboxylic acids is 1. The standard InChI is InChI=1S/C21H28N6O/c1-25(2)11-5-12-26-15-10-22-20(26)16-8-13-27(14-9-16)21(28)19-17-6-3-4-7-18(17)23-24-19/h3-4,6-7,10,15-16H,5,8-9,11-14H2,1-2H3,(H,23,24). The van der Waals surface area contributed by atoms with Gasteiger partial charge in [0, 0.05) is 43.3 Å². The van der Waals surface area contributed by atoms with Crippen LogP contribution in [0.4, 0.5) is 0 Å². The van der Waals surface area contributed by atoms with Gasteiger partial charge in [-0.1, -0.05) is 18.2 Å². The molecule has 0 atom stereocenters. The summed E-state index contributed by atoms with van der Waals surface area (Å²) in [5, 5.41) is 8.12. The summed E-state index contributed by atoms with van der Waals surface area (Å²) in [6.07, 6.45) is 6.98. The minimum Gasteiger partial charge on any atom is -0.337 e. The van der Waals surface area contributed by atoms with Gasteiger partial charge in [0.1, 0.15) is 5.82 Å². The smallest absolute Gasteiger partial charge is 0.274 e. The Morgan fingerprint density at radius 2 is 2.04 bits per heavy atom. The number of nitrogens with zero attached hydrogens (tertiary/aromatic N) is 5. The van der Waals surface area contributed by atoms with E-state index < -0.39 is 0 Å². The number of carbonyl (C=O) groups is 1. The molecule has 0 saturated carbocycles. The number of hydrogen-bond acceptors (Lipinski definition) is 4. The zero-order chi connectivity index (χ0) is 19.5. The molecular weight excluding hydrogens is 352 g/mol. The number of aromatic amines is 1. The summed E-state index contributed by atoms with van der Waals surface area (Å²) in [4.78, 5) is 21.7. The molecule has 1 aliphatic rings. The second kappa shape index (κ2) is 8.14. The van der Waals surface area contributed by atoms with E-state index in [0.29, 0.717) is 11.6 Å². The van der Waals surface area contributed by atoms with Gasteiger partial charge in [-0.15, -0.1) is 0 Å². The van der Waals surface area contributed by atoms with Crippen LogP contribution in [0.1, 0.15) is 41.5 Å². The van der Waals surface area contributed by atoms with Gasteiger partial charge in [-0.05, 0) is 46.0 Å². The monoisotopic (exact) mass is 380 g/mol. The molecule has 1 saturated heterocycles. The minimum atomic E-state index is 0.0187. The maximum atomic E-state index is 13.0. The molecule has 1 aromatic carbocycles. The third-order valence-corrected chi connectivity index (χ3v) is 5.57. The van der Waals surface area contributed by atoms with Gasteiger partial charge < -0.3 is 14.4 Å². The Bertz CT molecular complexity index is 935. The number of hydrogen-bond donors (Lipinski definition) is 1. The Kier molecular flexibility index (Phi) is 5.43. The fourth-order valence-corrected chi connectivity index (χ4v) is 4.04.